The Kier molecular flexibility index (Phi) is 5.73. The lowest BCUT2D eigenvalue weighted by Gasteiger charge is -2.40. The van der Waals surface area contributed by atoms with Gasteiger partial charge in [0.25, 0.3) is 5.79 Å². The van der Waals surface area contributed by atoms with E-state index >= 15 is 0 Å². The molecule has 9 nitrogen and oxygen atoms in total. The molecule has 3 heterocycles. The van der Waals surface area contributed by atoms with Crippen molar-refractivity contribution in [3.05, 3.63) is 22.3 Å². The molecule has 0 saturated carbocycles. The number of benzene rings is 1. The zero-order chi connectivity index (χ0) is 22.2. The Bertz CT molecular complexity index is 1080. The summed E-state index contributed by atoms with van der Waals surface area (Å²) in [4.78, 5) is 24.1. The van der Waals surface area contributed by atoms with E-state index in [0.29, 0.717) is 9.32 Å². The Morgan fingerprint density at radius 1 is 1.27 bits per heavy atom. The van der Waals surface area contributed by atoms with E-state index in [1.54, 1.807) is 6.07 Å². The van der Waals surface area contributed by atoms with Crippen molar-refractivity contribution < 1.29 is 50.3 Å². The quantitative estimate of drug-likeness (QED) is 0.197. The normalized spacial score (nSPS) is 30.1. The van der Waals surface area contributed by atoms with Gasteiger partial charge in [0, 0.05) is 13.6 Å². The molecule has 0 amide bonds. The van der Waals surface area contributed by atoms with E-state index in [1.165, 1.54) is 0 Å². The fourth-order valence-electron chi connectivity index (χ4n) is 3.47. The first-order valence-corrected chi connectivity index (χ1v) is 12.7. The van der Waals surface area contributed by atoms with Gasteiger partial charge in [-0.1, -0.05) is 0 Å². The summed E-state index contributed by atoms with van der Waals surface area (Å²) in [6.07, 6.45) is -3.50. The number of esters is 2. The molecule has 30 heavy (non-hydrogen) atoms. The predicted octanol–water partition coefficient (Wildman–Crippen LogP) is 2.36. The minimum absolute atomic E-state index is 0.130. The van der Waals surface area contributed by atoms with Crippen molar-refractivity contribution in [2.24, 2.45) is 0 Å². The topological polar surface area (TPSA) is 128 Å². The Labute approximate surface area is 208 Å². The number of hydrogen-bond donors (Lipinski definition) is 0. The number of ether oxygens (including phenoxy) is 4. The molecule has 2 fully saturated rings. The lowest BCUT2D eigenvalue weighted by Crippen LogP contribution is -2.54. The van der Waals surface area contributed by atoms with Gasteiger partial charge >= 0.3 is 17.2 Å². The Morgan fingerprint density at radius 2 is 1.93 bits per heavy atom. The standard InChI is InChI=1S/C15H9F2I3O9S/c16-15(17,30(23,24)25)13(22)27-6-2-8-14(3-7(6)26-8)28-11-4(12(21)29-14)1-5(18)9(19)10(11)20/h1,6-8H,2-3H2,(H,23,24,25)/p-1. The summed E-state index contributed by atoms with van der Waals surface area (Å²) in [5.41, 5.74) is 0.237. The van der Waals surface area contributed by atoms with Crippen molar-refractivity contribution in [1.82, 2.24) is 0 Å². The predicted molar refractivity (Wildman–Crippen MR) is 116 cm³/mol. The highest BCUT2D eigenvalue weighted by Gasteiger charge is 2.65. The molecule has 15 heteroatoms. The van der Waals surface area contributed by atoms with Gasteiger partial charge in [0.05, 0.1) is 9.99 Å². The lowest BCUT2D eigenvalue weighted by atomic mass is 9.90. The first kappa shape index (κ1) is 23.1. The lowest BCUT2D eigenvalue weighted by molar-refractivity contribution is -0.192. The number of alkyl halides is 2. The van der Waals surface area contributed by atoms with E-state index in [0.717, 1.165) is 7.14 Å². The minimum Gasteiger partial charge on any atom is -0.743 e. The third kappa shape index (κ3) is 3.50. The van der Waals surface area contributed by atoms with Crippen LogP contribution in [0.5, 0.6) is 5.75 Å². The molecule has 164 valence electrons. The van der Waals surface area contributed by atoms with Crippen LogP contribution in [0.1, 0.15) is 23.2 Å². The van der Waals surface area contributed by atoms with Gasteiger partial charge < -0.3 is 23.5 Å². The summed E-state index contributed by atoms with van der Waals surface area (Å²) in [5, 5.41) is -5.22. The van der Waals surface area contributed by atoms with Gasteiger partial charge in [-0.15, -0.1) is 0 Å². The minimum atomic E-state index is -6.23. The van der Waals surface area contributed by atoms with Crippen molar-refractivity contribution in [1.29, 1.82) is 0 Å². The van der Waals surface area contributed by atoms with Crippen LogP contribution in [-0.2, 0) is 29.1 Å². The molecular formula is C15H8F2I3O9S-. The summed E-state index contributed by atoms with van der Waals surface area (Å²) in [6, 6.07) is 1.62. The Hall–Kier alpha value is -0.120. The van der Waals surface area contributed by atoms with Gasteiger partial charge in [-0.25, -0.2) is 18.0 Å². The third-order valence-electron chi connectivity index (χ3n) is 4.86. The van der Waals surface area contributed by atoms with Crippen LogP contribution in [0.15, 0.2) is 6.07 Å². The second kappa shape index (κ2) is 7.45. The highest BCUT2D eigenvalue weighted by molar-refractivity contribution is 14.1. The van der Waals surface area contributed by atoms with E-state index < -0.39 is 51.4 Å². The maximum atomic E-state index is 13.4. The molecule has 3 aliphatic heterocycles. The molecule has 4 atom stereocenters. The van der Waals surface area contributed by atoms with E-state index in [1.807, 2.05) is 22.6 Å². The molecule has 4 rings (SSSR count). The van der Waals surface area contributed by atoms with Gasteiger partial charge in [0.15, 0.2) is 15.9 Å². The number of carbonyl (C=O) groups is 2. The third-order valence-corrected chi connectivity index (χ3v) is 10.7. The van der Waals surface area contributed by atoms with Crippen molar-refractivity contribution in [3.8, 4) is 5.75 Å². The fourth-order valence-corrected chi connectivity index (χ4v) is 5.92. The van der Waals surface area contributed by atoms with E-state index in [-0.39, 0.29) is 18.4 Å². The average Bonchev–Trinajstić information content (AvgIpc) is 3.17. The number of fused-ring (bicyclic) bond motifs is 4. The van der Waals surface area contributed by atoms with Gasteiger partial charge in [-0.05, 0) is 73.8 Å². The number of hydrogen-bond acceptors (Lipinski definition) is 9. The number of carbonyl (C=O) groups excluding carboxylic acids is 2. The Morgan fingerprint density at radius 3 is 2.50 bits per heavy atom. The average molecular weight is 783 g/mol. The first-order chi connectivity index (χ1) is 13.8. The van der Waals surface area contributed by atoms with Gasteiger partial charge in [0.1, 0.15) is 23.9 Å². The summed E-state index contributed by atoms with van der Waals surface area (Å²) in [7, 11) is -6.23. The van der Waals surface area contributed by atoms with Crippen LogP contribution >= 0.6 is 67.8 Å². The molecule has 1 aromatic carbocycles. The monoisotopic (exact) mass is 783 g/mol. The fraction of sp³-hybridized carbons (Fsp3) is 0.467. The molecule has 2 saturated heterocycles. The van der Waals surface area contributed by atoms with Gasteiger partial charge in [0.2, 0.25) is 0 Å². The first-order valence-electron chi connectivity index (χ1n) is 8.06. The largest absolute Gasteiger partial charge is 0.743 e. The van der Waals surface area contributed by atoms with E-state index in [2.05, 4.69) is 49.9 Å². The van der Waals surface area contributed by atoms with Crippen molar-refractivity contribution in [2.75, 3.05) is 0 Å². The zero-order valence-corrected chi connectivity index (χ0v) is 21.5. The Balaban J connectivity index is 1.55. The summed E-state index contributed by atoms with van der Waals surface area (Å²) in [5.74, 6) is -4.33. The molecule has 0 aliphatic carbocycles. The number of halogens is 5. The maximum absolute atomic E-state index is 13.4. The van der Waals surface area contributed by atoms with Crippen LogP contribution in [0.4, 0.5) is 8.78 Å². The van der Waals surface area contributed by atoms with E-state index in [9.17, 15) is 31.3 Å². The summed E-state index contributed by atoms with van der Waals surface area (Å²) in [6.45, 7) is 0. The molecule has 0 radical (unpaired) electrons. The van der Waals surface area contributed by atoms with Crippen LogP contribution < -0.4 is 4.74 Å². The van der Waals surface area contributed by atoms with Crippen molar-refractivity contribution in [3.63, 3.8) is 0 Å². The molecule has 1 spiro atoms. The highest BCUT2D eigenvalue weighted by atomic mass is 127. The number of rotatable bonds is 3. The maximum Gasteiger partial charge on any atom is 0.428 e. The SMILES string of the molecule is O=C1OC2(CC3OC2CC3OC(=O)C(F)(F)S(=O)(=O)[O-])Oc2c1cc(I)c(I)c2I. The zero-order valence-electron chi connectivity index (χ0n) is 14.2. The van der Waals surface area contributed by atoms with Gasteiger partial charge in [-0.2, -0.15) is 8.78 Å². The highest BCUT2D eigenvalue weighted by Crippen LogP contribution is 2.51. The van der Waals surface area contributed by atoms with Crippen LogP contribution in [0.3, 0.4) is 0 Å². The molecular weight excluding hydrogens is 775 g/mol. The van der Waals surface area contributed by atoms with Crippen molar-refractivity contribution >= 4 is 89.8 Å². The second-order valence-corrected chi connectivity index (χ2v) is 11.4. The molecule has 0 aromatic heterocycles. The molecule has 2 bridgehead atoms. The summed E-state index contributed by atoms with van der Waals surface area (Å²) >= 11 is 6.22. The smallest absolute Gasteiger partial charge is 0.428 e. The molecule has 1 aromatic rings. The van der Waals surface area contributed by atoms with Crippen molar-refractivity contribution in [2.45, 2.75) is 42.2 Å². The van der Waals surface area contributed by atoms with Gasteiger partial charge in [-0.3, -0.25) is 0 Å². The summed E-state index contributed by atoms with van der Waals surface area (Å²) < 4.78 is 82.5. The molecule has 4 unspecified atom stereocenters. The van der Waals surface area contributed by atoms with Crippen LogP contribution in [0.2, 0.25) is 0 Å². The van der Waals surface area contributed by atoms with Crippen LogP contribution in [-0.4, -0.2) is 54.3 Å². The van der Waals surface area contributed by atoms with Crippen LogP contribution in [0.25, 0.3) is 0 Å². The van der Waals surface area contributed by atoms with E-state index in [4.69, 9.17) is 14.2 Å². The molecule has 3 aliphatic rings. The second-order valence-electron chi connectivity index (χ2n) is 6.68. The molecule has 0 N–H and O–H groups in total. The van der Waals surface area contributed by atoms with Crippen LogP contribution in [0, 0.1) is 10.7 Å².